The summed E-state index contributed by atoms with van der Waals surface area (Å²) in [6.07, 6.45) is 10.1. The summed E-state index contributed by atoms with van der Waals surface area (Å²) in [5.41, 5.74) is 4.86. The molecule has 0 bridgehead atoms. The molecular formula is C21H21N5. The molecule has 0 aliphatic carbocycles. The summed E-state index contributed by atoms with van der Waals surface area (Å²) in [4.78, 5) is 15.6. The Labute approximate surface area is 153 Å². The first-order valence-corrected chi connectivity index (χ1v) is 8.90. The van der Waals surface area contributed by atoms with E-state index in [1.165, 1.54) is 18.5 Å². The Bertz CT molecular complexity index is 987. The lowest BCUT2D eigenvalue weighted by Gasteiger charge is -2.18. The maximum absolute atomic E-state index is 4.58. The van der Waals surface area contributed by atoms with E-state index < -0.39 is 0 Å². The number of aromatic nitrogens is 4. The molecule has 4 rings (SSSR count). The normalized spacial score (nSPS) is 13.5. The van der Waals surface area contributed by atoms with Crippen LogP contribution in [0.25, 0.3) is 5.69 Å². The maximum atomic E-state index is 4.58. The number of nitrogens with zero attached hydrogens (tertiary/aromatic N) is 5. The molecular weight excluding hydrogens is 322 g/mol. The van der Waals surface area contributed by atoms with E-state index in [4.69, 9.17) is 0 Å². The van der Waals surface area contributed by atoms with Crippen molar-refractivity contribution in [3.8, 4) is 17.5 Å². The highest BCUT2D eigenvalue weighted by Gasteiger charge is 2.14. The molecule has 0 amide bonds. The number of rotatable bonds is 2. The summed E-state index contributed by atoms with van der Waals surface area (Å²) >= 11 is 0. The van der Waals surface area contributed by atoms with E-state index >= 15 is 0 Å². The number of hydrogen-bond donors (Lipinski definition) is 0. The van der Waals surface area contributed by atoms with Crippen LogP contribution in [0.4, 0.5) is 5.69 Å². The molecule has 0 unspecified atom stereocenters. The topological polar surface area (TPSA) is 46.8 Å². The Morgan fingerprint density at radius 1 is 1.00 bits per heavy atom. The first-order valence-electron chi connectivity index (χ1n) is 8.90. The molecule has 0 aromatic carbocycles. The molecule has 3 aromatic rings. The summed E-state index contributed by atoms with van der Waals surface area (Å²) in [7, 11) is 0. The second kappa shape index (κ2) is 7.01. The highest BCUT2D eigenvalue weighted by atomic mass is 15.2. The SMILES string of the molecule is Cc1cc(C#Cc2cn(-c3cncc(N4CCCC4)c3)c(C)n2)ccn1. The highest BCUT2D eigenvalue weighted by molar-refractivity contribution is 5.52. The van der Waals surface area contributed by atoms with Gasteiger partial charge in [-0.3, -0.25) is 9.97 Å². The first kappa shape index (κ1) is 16.3. The van der Waals surface area contributed by atoms with Gasteiger partial charge in [-0.15, -0.1) is 0 Å². The minimum atomic E-state index is 0.753. The number of pyridine rings is 2. The van der Waals surface area contributed by atoms with E-state index in [0.29, 0.717) is 0 Å². The highest BCUT2D eigenvalue weighted by Crippen LogP contribution is 2.22. The van der Waals surface area contributed by atoms with Gasteiger partial charge in [-0.25, -0.2) is 4.98 Å². The van der Waals surface area contributed by atoms with Crippen molar-refractivity contribution in [2.45, 2.75) is 26.7 Å². The third-order valence-electron chi connectivity index (χ3n) is 4.57. The molecule has 0 N–H and O–H groups in total. The van der Waals surface area contributed by atoms with E-state index in [1.807, 2.05) is 49.1 Å². The largest absolute Gasteiger partial charge is 0.370 e. The van der Waals surface area contributed by atoms with Crippen molar-refractivity contribution < 1.29 is 0 Å². The maximum Gasteiger partial charge on any atom is 0.132 e. The fraction of sp³-hybridized carbons (Fsp3) is 0.286. The van der Waals surface area contributed by atoms with Crippen LogP contribution in [0.3, 0.4) is 0 Å². The van der Waals surface area contributed by atoms with Crippen molar-refractivity contribution >= 4 is 5.69 Å². The average Bonchev–Trinajstić information content (AvgIpc) is 3.30. The van der Waals surface area contributed by atoms with Crippen LogP contribution in [-0.4, -0.2) is 32.6 Å². The third kappa shape index (κ3) is 3.45. The van der Waals surface area contributed by atoms with Gasteiger partial charge in [0.2, 0.25) is 0 Å². The lowest BCUT2D eigenvalue weighted by Crippen LogP contribution is -2.18. The zero-order valence-electron chi connectivity index (χ0n) is 15.1. The minimum Gasteiger partial charge on any atom is -0.370 e. The number of imidazole rings is 1. The van der Waals surface area contributed by atoms with Crippen molar-refractivity contribution in [1.29, 1.82) is 0 Å². The third-order valence-corrected chi connectivity index (χ3v) is 4.57. The fourth-order valence-electron chi connectivity index (χ4n) is 3.25. The molecule has 1 aliphatic rings. The average molecular weight is 343 g/mol. The second-order valence-electron chi connectivity index (χ2n) is 6.57. The van der Waals surface area contributed by atoms with E-state index in [-0.39, 0.29) is 0 Å². The lowest BCUT2D eigenvalue weighted by molar-refractivity contribution is 0.936. The van der Waals surface area contributed by atoms with Gasteiger partial charge in [0.15, 0.2) is 0 Å². The first-order chi connectivity index (χ1) is 12.7. The summed E-state index contributed by atoms with van der Waals surface area (Å²) < 4.78 is 2.05. The monoisotopic (exact) mass is 343 g/mol. The van der Waals surface area contributed by atoms with Gasteiger partial charge < -0.3 is 9.47 Å². The molecule has 5 nitrogen and oxygen atoms in total. The molecule has 3 aromatic heterocycles. The number of anilines is 1. The Balaban J connectivity index is 1.62. The predicted molar refractivity (Wildman–Crippen MR) is 102 cm³/mol. The van der Waals surface area contributed by atoms with Gasteiger partial charge in [0.25, 0.3) is 0 Å². The quantitative estimate of drug-likeness (QED) is 0.670. The fourth-order valence-corrected chi connectivity index (χ4v) is 3.25. The van der Waals surface area contributed by atoms with Crippen molar-refractivity contribution in [2.75, 3.05) is 18.0 Å². The van der Waals surface area contributed by atoms with Gasteiger partial charge >= 0.3 is 0 Å². The molecule has 26 heavy (non-hydrogen) atoms. The van der Waals surface area contributed by atoms with Gasteiger partial charge in [-0.2, -0.15) is 0 Å². The number of aryl methyl sites for hydroxylation is 2. The molecule has 0 saturated carbocycles. The van der Waals surface area contributed by atoms with Crippen LogP contribution < -0.4 is 4.90 Å². The van der Waals surface area contributed by atoms with Crippen molar-refractivity contribution in [3.05, 3.63) is 65.8 Å². The van der Waals surface area contributed by atoms with Gasteiger partial charge in [-0.1, -0.05) is 5.92 Å². The van der Waals surface area contributed by atoms with Crippen LogP contribution in [0.1, 0.15) is 35.6 Å². The Kier molecular flexibility index (Phi) is 4.40. The predicted octanol–water partition coefficient (Wildman–Crippen LogP) is 3.28. The smallest absolute Gasteiger partial charge is 0.132 e. The zero-order valence-corrected chi connectivity index (χ0v) is 15.1. The molecule has 0 spiro atoms. The molecule has 1 fully saturated rings. The van der Waals surface area contributed by atoms with Gasteiger partial charge in [-0.05, 0) is 50.8 Å². The second-order valence-corrected chi connectivity index (χ2v) is 6.57. The molecule has 130 valence electrons. The van der Waals surface area contributed by atoms with E-state index in [9.17, 15) is 0 Å². The summed E-state index contributed by atoms with van der Waals surface area (Å²) in [5, 5.41) is 0. The van der Waals surface area contributed by atoms with Gasteiger partial charge in [0.05, 0.1) is 23.8 Å². The Hall–Kier alpha value is -3.13. The Morgan fingerprint density at radius 2 is 1.81 bits per heavy atom. The van der Waals surface area contributed by atoms with Gasteiger partial charge in [0.1, 0.15) is 11.5 Å². The molecule has 4 heterocycles. The molecule has 0 atom stereocenters. The van der Waals surface area contributed by atoms with E-state index in [1.54, 1.807) is 6.20 Å². The standard InChI is InChI=1S/C21H21N5/c1-16-11-18(7-8-23-16)5-6-19-15-26(17(2)24-19)21-12-20(13-22-14-21)25-9-3-4-10-25/h7-8,11-15H,3-4,9-10H2,1-2H3. The molecule has 1 aliphatic heterocycles. The van der Waals surface area contributed by atoms with Crippen molar-refractivity contribution in [3.63, 3.8) is 0 Å². The molecule has 5 heteroatoms. The Morgan fingerprint density at radius 3 is 2.62 bits per heavy atom. The summed E-state index contributed by atoms with van der Waals surface area (Å²) in [6, 6.07) is 6.06. The molecule has 1 saturated heterocycles. The summed E-state index contributed by atoms with van der Waals surface area (Å²) in [6.45, 7) is 6.17. The summed E-state index contributed by atoms with van der Waals surface area (Å²) in [5.74, 6) is 7.21. The van der Waals surface area contributed by atoms with Crippen molar-refractivity contribution in [2.24, 2.45) is 0 Å². The number of hydrogen-bond acceptors (Lipinski definition) is 4. The van der Waals surface area contributed by atoms with Crippen LogP contribution >= 0.6 is 0 Å². The zero-order chi connectivity index (χ0) is 17.9. The van der Waals surface area contributed by atoms with Crippen LogP contribution in [0.15, 0.2) is 43.0 Å². The molecule has 0 radical (unpaired) electrons. The van der Waals surface area contributed by atoms with Crippen LogP contribution in [0.2, 0.25) is 0 Å². The van der Waals surface area contributed by atoms with E-state index in [0.717, 1.165) is 41.6 Å². The van der Waals surface area contributed by atoms with E-state index in [2.05, 4.69) is 37.8 Å². The van der Waals surface area contributed by atoms with Crippen molar-refractivity contribution in [1.82, 2.24) is 19.5 Å². The lowest BCUT2D eigenvalue weighted by atomic mass is 10.2. The van der Waals surface area contributed by atoms with Gasteiger partial charge in [0, 0.05) is 36.7 Å². The van der Waals surface area contributed by atoms with Crippen LogP contribution in [-0.2, 0) is 0 Å². The van der Waals surface area contributed by atoms with Crippen LogP contribution in [0, 0.1) is 25.7 Å². The van der Waals surface area contributed by atoms with Crippen LogP contribution in [0.5, 0.6) is 0 Å². The minimum absolute atomic E-state index is 0.753.